The maximum absolute atomic E-state index is 12.5. The van der Waals surface area contributed by atoms with E-state index in [9.17, 15) is 13.2 Å². The van der Waals surface area contributed by atoms with E-state index in [1.54, 1.807) is 4.31 Å². The van der Waals surface area contributed by atoms with Crippen LogP contribution < -0.4 is 0 Å². The second-order valence-corrected chi connectivity index (χ2v) is 8.96. The summed E-state index contributed by atoms with van der Waals surface area (Å²) in [5.41, 5.74) is 0. The molecule has 138 valence electrons. The first-order valence-corrected chi connectivity index (χ1v) is 10.6. The van der Waals surface area contributed by atoms with Crippen molar-refractivity contribution in [2.45, 2.75) is 25.7 Å². The van der Waals surface area contributed by atoms with E-state index in [2.05, 4.69) is 0 Å². The van der Waals surface area contributed by atoms with Crippen LogP contribution in [0.5, 0.6) is 0 Å². The Morgan fingerprint density at radius 3 is 2.08 bits per heavy atom. The summed E-state index contributed by atoms with van der Waals surface area (Å²) < 4.78 is 37.1. The molecule has 0 spiro atoms. The molecular formula is C16H28N2O5S. The molecule has 0 aromatic carbocycles. The van der Waals surface area contributed by atoms with Crippen LogP contribution in [0.2, 0.25) is 0 Å². The summed E-state index contributed by atoms with van der Waals surface area (Å²) in [6.45, 7) is 4.59. The first kappa shape index (κ1) is 18.1. The number of likely N-dealkylation sites (tertiary alicyclic amines) is 1. The highest BCUT2D eigenvalue weighted by molar-refractivity contribution is 7.89. The number of sulfonamides is 1. The third-order valence-corrected chi connectivity index (χ3v) is 7.35. The number of rotatable bonds is 4. The van der Waals surface area contributed by atoms with Crippen molar-refractivity contribution in [1.29, 1.82) is 0 Å². The zero-order valence-electron chi connectivity index (χ0n) is 14.2. The lowest BCUT2D eigenvalue weighted by molar-refractivity contribution is -0.139. The zero-order valence-corrected chi connectivity index (χ0v) is 15.0. The van der Waals surface area contributed by atoms with Crippen molar-refractivity contribution in [3.8, 4) is 0 Å². The van der Waals surface area contributed by atoms with Crippen LogP contribution in [0.25, 0.3) is 0 Å². The molecule has 0 unspecified atom stereocenters. The molecular weight excluding hydrogens is 332 g/mol. The molecule has 0 aromatic heterocycles. The molecule has 0 aliphatic carbocycles. The average Bonchev–Trinajstić information content (AvgIpc) is 2.63. The Morgan fingerprint density at radius 2 is 1.46 bits per heavy atom. The highest BCUT2D eigenvalue weighted by Crippen LogP contribution is 2.24. The van der Waals surface area contributed by atoms with Crippen LogP contribution in [0, 0.1) is 11.8 Å². The summed E-state index contributed by atoms with van der Waals surface area (Å²) in [5, 5.41) is 0. The summed E-state index contributed by atoms with van der Waals surface area (Å²) in [7, 11) is -3.21. The Hall–Kier alpha value is -0.700. The molecule has 24 heavy (non-hydrogen) atoms. The van der Waals surface area contributed by atoms with Gasteiger partial charge in [-0.05, 0) is 31.6 Å². The molecule has 7 nitrogen and oxygen atoms in total. The molecule has 3 saturated heterocycles. The minimum absolute atomic E-state index is 0.0902. The van der Waals surface area contributed by atoms with Crippen LogP contribution in [0.15, 0.2) is 0 Å². The summed E-state index contributed by atoms with van der Waals surface area (Å²) in [5.74, 6) is 0.670. The molecule has 0 N–H and O–H groups in total. The molecule has 0 radical (unpaired) electrons. The maximum atomic E-state index is 12.5. The summed E-state index contributed by atoms with van der Waals surface area (Å²) in [6, 6.07) is 0. The van der Waals surface area contributed by atoms with Gasteiger partial charge in [-0.1, -0.05) is 0 Å². The molecule has 0 atom stereocenters. The number of amides is 1. The standard InChI is InChI=1S/C16H28N2O5S/c19-16(15-3-9-22-10-4-15)17-5-1-14(2-6-17)13-24(20,21)18-7-11-23-12-8-18/h14-15H,1-13H2. The van der Waals surface area contributed by atoms with E-state index in [0.717, 1.165) is 25.7 Å². The van der Waals surface area contributed by atoms with E-state index in [1.807, 2.05) is 4.90 Å². The van der Waals surface area contributed by atoms with E-state index < -0.39 is 10.0 Å². The van der Waals surface area contributed by atoms with Crippen LogP contribution >= 0.6 is 0 Å². The number of nitrogens with zero attached hydrogens (tertiary/aromatic N) is 2. The molecule has 0 bridgehead atoms. The molecule has 0 aromatic rings. The Labute approximate surface area is 144 Å². The lowest BCUT2D eigenvalue weighted by Crippen LogP contribution is -2.46. The zero-order chi connectivity index (χ0) is 17.0. The highest BCUT2D eigenvalue weighted by Gasteiger charge is 2.33. The summed E-state index contributed by atoms with van der Waals surface area (Å²) in [4.78, 5) is 14.4. The van der Waals surface area contributed by atoms with Gasteiger partial charge in [-0.25, -0.2) is 8.42 Å². The van der Waals surface area contributed by atoms with Gasteiger partial charge in [-0.3, -0.25) is 4.79 Å². The largest absolute Gasteiger partial charge is 0.381 e. The van der Waals surface area contributed by atoms with Gasteiger partial charge in [0.25, 0.3) is 0 Å². The minimum Gasteiger partial charge on any atom is -0.381 e. The Kier molecular flexibility index (Phi) is 6.12. The number of carbonyl (C=O) groups is 1. The number of ether oxygens (including phenoxy) is 2. The molecule has 3 fully saturated rings. The normalized spacial score (nSPS) is 25.8. The van der Waals surface area contributed by atoms with E-state index in [-0.39, 0.29) is 23.5 Å². The molecule has 1 amide bonds. The van der Waals surface area contributed by atoms with Crippen LogP contribution in [-0.2, 0) is 24.3 Å². The first-order valence-electron chi connectivity index (χ1n) is 8.98. The topological polar surface area (TPSA) is 76.2 Å². The smallest absolute Gasteiger partial charge is 0.225 e. The van der Waals surface area contributed by atoms with Crippen molar-refractivity contribution < 1.29 is 22.7 Å². The Bertz CT molecular complexity index is 519. The molecule has 0 saturated carbocycles. The van der Waals surface area contributed by atoms with Crippen molar-refractivity contribution in [3.63, 3.8) is 0 Å². The number of carbonyl (C=O) groups excluding carboxylic acids is 1. The molecule has 3 aliphatic rings. The third kappa shape index (κ3) is 4.47. The van der Waals surface area contributed by atoms with Crippen molar-refractivity contribution in [2.75, 3.05) is 58.4 Å². The highest BCUT2D eigenvalue weighted by atomic mass is 32.2. The SMILES string of the molecule is O=C(C1CCOCC1)N1CCC(CS(=O)(=O)N2CCOCC2)CC1. The van der Waals surface area contributed by atoms with Crippen LogP contribution in [0.1, 0.15) is 25.7 Å². The van der Waals surface area contributed by atoms with Crippen LogP contribution in [0.3, 0.4) is 0 Å². The summed E-state index contributed by atoms with van der Waals surface area (Å²) in [6.07, 6.45) is 3.17. The van der Waals surface area contributed by atoms with E-state index in [0.29, 0.717) is 52.6 Å². The Balaban J connectivity index is 1.47. The van der Waals surface area contributed by atoms with Crippen molar-refractivity contribution in [1.82, 2.24) is 9.21 Å². The molecule has 3 heterocycles. The van der Waals surface area contributed by atoms with Crippen molar-refractivity contribution in [2.24, 2.45) is 11.8 Å². The molecule has 8 heteroatoms. The fourth-order valence-electron chi connectivity index (χ4n) is 3.75. The van der Waals surface area contributed by atoms with Gasteiger partial charge >= 0.3 is 0 Å². The fourth-order valence-corrected chi connectivity index (χ4v) is 5.60. The minimum atomic E-state index is -3.21. The van der Waals surface area contributed by atoms with Gasteiger partial charge in [0.1, 0.15) is 0 Å². The second-order valence-electron chi connectivity index (χ2n) is 6.95. The van der Waals surface area contributed by atoms with Gasteiger partial charge in [0.05, 0.1) is 19.0 Å². The molecule has 3 aliphatic heterocycles. The number of hydrogen-bond acceptors (Lipinski definition) is 5. The lowest BCUT2D eigenvalue weighted by atomic mass is 9.94. The van der Waals surface area contributed by atoms with Crippen molar-refractivity contribution in [3.05, 3.63) is 0 Å². The van der Waals surface area contributed by atoms with Gasteiger partial charge in [0.15, 0.2) is 0 Å². The summed E-state index contributed by atoms with van der Waals surface area (Å²) >= 11 is 0. The van der Waals surface area contributed by atoms with Gasteiger partial charge in [0, 0.05) is 45.3 Å². The predicted octanol–water partition coefficient (Wildman–Crippen LogP) is 0.314. The fraction of sp³-hybridized carbons (Fsp3) is 0.938. The number of hydrogen-bond donors (Lipinski definition) is 0. The number of morpholine rings is 1. The first-order chi connectivity index (χ1) is 11.6. The predicted molar refractivity (Wildman–Crippen MR) is 89.0 cm³/mol. The van der Waals surface area contributed by atoms with Gasteiger partial charge < -0.3 is 14.4 Å². The quantitative estimate of drug-likeness (QED) is 0.721. The van der Waals surface area contributed by atoms with E-state index in [1.165, 1.54) is 0 Å². The average molecular weight is 360 g/mol. The van der Waals surface area contributed by atoms with Gasteiger partial charge in [-0.15, -0.1) is 0 Å². The van der Waals surface area contributed by atoms with Crippen molar-refractivity contribution >= 4 is 15.9 Å². The third-order valence-electron chi connectivity index (χ3n) is 5.31. The van der Waals surface area contributed by atoms with E-state index >= 15 is 0 Å². The Morgan fingerprint density at radius 1 is 0.875 bits per heavy atom. The van der Waals surface area contributed by atoms with E-state index in [4.69, 9.17) is 9.47 Å². The van der Waals surface area contributed by atoms with Crippen LogP contribution in [-0.4, -0.2) is 81.9 Å². The maximum Gasteiger partial charge on any atom is 0.225 e. The van der Waals surface area contributed by atoms with Crippen LogP contribution in [0.4, 0.5) is 0 Å². The monoisotopic (exact) mass is 360 g/mol. The second kappa shape index (κ2) is 8.12. The molecule has 3 rings (SSSR count). The van der Waals surface area contributed by atoms with Gasteiger partial charge in [0.2, 0.25) is 15.9 Å². The number of piperidine rings is 1. The van der Waals surface area contributed by atoms with Gasteiger partial charge in [-0.2, -0.15) is 4.31 Å². The lowest BCUT2D eigenvalue weighted by Gasteiger charge is -2.36.